The highest BCUT2D eigenvalue weighted by Crippen LogP contribution is 2.28. The summed E-state index contributed by atoms with van der Waals surface area (Å²) >= 11 is 1.37. The standard InChI is InChI=1S/C70H96N4O17S/c1-42(20-31-61(81)89-68(6,7)8)57(77)34-43(2)63(83)72-52(36-45-23-27-50(28-24-45)88-67(3,4)5)56(76)29-30-60(80)71-53(37-48-41-74(66(87)91-70(12,13)14)55-19-17-16-18-51(48)55)58(78)38-46(32-33-92-15)64(84)73-54(40-62(82)90-69(9,10)11)59(79)39-47(65(85)86)35-44-21-25-49(75)26-22-44/h16-19,21-28,41-43,46-47,52-54,75H,20,29-40H2,1-15H3,(H,71,80)(H,72,83)(H,73,84)(H,85,86). The second-order valence-electron chi connectivity index (χ2n) is 27.6. The summed E-state index contributed by atoms with van der Waals surface area (Å²) in [7, 11) is 0. The number of rotatable bonds is 34. The van der Waals surface area contributed by atoms with Crippen LogP contribution in [0.1, 0.15) is 171 Å². The number of thioether (sulfide) groups is 1. The Labute approximate surface area is 544 Å². The first kappa shape index (κ1) is 76.6. The molecule has 1 heterocycles. The van der Waals surface area contributed by atoms with Gasteiger partial charge in [-0.1, -0.05) is 56.3 Å². The predicted molar refractivity (Wildman–Crippen MR) is 350 cm³/mol. The Kier molecular flexibility index (Phi) is 28.4. The molecule has 0 bridgehead atoms. The molecule has 92 heavy (non-hydrogen) atoms. The number of phenols is 1. The van der Waals surface area contributed by atoms with Gasteiger partial charge in [0.15, 0.2) is 17.3 Å². The molecule has 7 unspecified atom stereocenters. The number of aliphatic carboxylic acids is 1. The number of nitrogens with one attached hydrogen (secondary N) is 3. The molecule has 0 spiro atoms. The number of para-hydroxylation sites is 1. The van der Waals surface area contributed by atoms with Gasteiger partial charge < -0.3 is 45.1 Å². The molecule has 4 aromatic rings. The minimum atomic E-state index is -1.59. The molecular formula is C70H96N4O17S. The summed E-state index contributed by atoms with van der Waals surface area (Å²) in [5.74, 6) is -10.2. The SMILES string of the molecule is CSCCC(CC(=O)C(Cc1cn(C(=O)OC(C)(C)C)c2ccccc12)NC(=O)CCC(=O)C(Cc1ccc(OC(C)(C)C)cc1)NC(=O)C(C)CC(=O)C(C)CCC(=O)OC(C)(C)C)C(=O)NC(CC(=O)OC(C)(C)C)C(=O)CC(Cc1ccc(O)cc1)C(=O)O. The number of carbonyl (C=O) groups is 11. The van der Waals surface area contributed by atoms with Crippen LogP contribution >= 0.6 is 11.8 Å². The van der Waals surface area contributed by atoms with E-state index in [2.05, 4.69) is 16.0 Å². The Morgan fingerprint density at radius 2 is 1.07 bits per heavy atom. The fourth-order valence-electron chi connectivity index (χ4n) is 9.95. The van der Waals surface area contributed by atoms with Gasteiger partial charge >= 0.3 is 24.0 Å². The van der Waals surface area contributed by atoms with Crippen LogP contribution in [-0.4, -0.2) is 132 Å². The molecule has 4 rings (SSSR count). The third kappa shape index (κ3) is 27.1. The number of esters is 2. The van der Waals surface area contributed by atoms with Crippen LogP contribution in [0, 0.1) is 23.7 Å². The molecule has 21 nitrogen and oxygen atoms in total. The maximum Gasteiger partial charge on any atom is 0.419 e. The molecule has 5 N–H and O–H groups in total. The van der Waals surface area contributed by atoms with Gasteiger partial charge in [-0.25, -0.2) is 4.79 Å². The molecule has 22 heteroatoms. The van der Waals surface area contributed by atoms with Crippen LogP contribution in [0.4, 0.5) is 4.79 Å². The van der Waals surface area contributed by atoms with Gasteiger partial charge in [-0.3, -0.25) is 52.5 Å². The van der Waals surface area contributed by atoms with Gasteiger partial charge in [0.2, 0.25) is 17.7 Å². The third-order valence-electron chi connectivity index (χ3n) is 14.5. The Hall–Kier alpha value is -7.88. The molecule has 0 aliphatic rings. The highest BCUT2D eigenvalue weighted by atomic mass is 32.2. The molecule has 0 fully saturated rings. The first-order chi connectivity index (χ1) is 42.7. The summed E-state index contributed by atoms with van der Waals surface area (Å²) in [5.41, 5.74) is -1.09. The van der Waals surface area contributed by atoms with E-state index in [4.69, 9.17) is 18.9 Å². The predicted octanol–water partition coefficient (Wildman–Crippen LogP) is 10.2. The van der Waals surface area contributed by atoms with Gasteiger partial charge in [-0.05, 0) is 168 Å². The van der Waals surface area contributed by atoms with E-state index >= 15 is 4.79 Å². The number of Topliss-reactive ketones (excluding diaryl/α,β-unsaturated/α-hetero) is 4. The number of carboxylic acid groups (broad SMARTS) is 1. The average molecular weight is 1300 g/mol. The number of hydrogen-bond donors (Lipinski definition) is 5. The summed E-state index contributed by atoms with van der Waals surface area (Å²) < 4.78 is 23.9. The molecule has 0 aliphatic heterocycles. The quantitative estimate of drug-likeness (QED) is 0.0214. The normalized spacial score (nSPS) is 14.2. The minimum absolute atomic E-state index is 0.00498. The van der Waals surface area contributed by atoms with Gasteiger partial charge in [0.05, 0.1) is 36.0 Å². The molecule has 7 atom stereocenters. The van der Waals surface area contributed by atoms with Crippen molar-refractivity contribution in [2.24, 2.45) is 23.7 Å². The second kappa shape index (κ2) is 34.1. The lowest BCUT2D eigenvalue weighted by Gasteiger charge is -2.26. The van der Waals surface area contributed by atoms with Gasteiger partial charge in [0, 0.05) is 74.3 Å². The summed E-state index contributed by atoms with van der Waals surface area (Å²) in [5, 5.41) is 28.9. The smallest absolute Gasteiger partial charge is 0.419 e. The molecule has 0 radical (unpaired) electrons. The Morgan fingerprint density at radius 1 is 0.522 bits per heavy atom. The molecule has 3 amide bonds. The maximum absolute atomic E-state index is 15.1. The Bertz CT molecular complexity index is 3230. The van der Waals surface area contributed by atoms with Crippen LogP contribution in [0.25, 0.3) is 10.9 Å². The van der Waals surface area contributed by atoms with Crippen LogP contribution < -0.4 is 20.7 Å². The van der Waals surface area contributed by atoms with Gasteiger partial charge in [0.1, 0.15) is 39.7 Å². The molecule has 0 saturated heterocycles. The number of carboxylic acids is 1. The van der Waals surface area contributed by atoms with Gasteiger partial charge in [0.25, 0.3) is 0 Å². The zero-order valence-electron chi connectivity index (χ0n) is 56.1. The first-order valence-electron chi connectivity index (χ1n) is 31.2. The number of ether oxygens (including phenoxy) is 4. The Balaban J connectivity index is 1.68. The summed E-state index contributed by atoms with van der Waals surface area (Å²) in [4.78, 5) is 152. The number of phenolic OH excluding ortho intramolecular Hbond substituents is 1. The first-order valence-corrected chi connectivity index (χ1v) is 32.6. The van der Waals surface area contributed by atoms with Crippen molar-refractivity contribution in [1.29, 1.82) is 0 Å². The van der Waals surface area contributed by atoms with Crippen LogP contribution in [0.15, 0.2) is 79.0 Å². The highest BCUT2D eigenvalue weighted by molar-refractivity contribution is 7.98. The van der Waals surface area contributed by atoms with Crippen molar-refractivity contribution in [2.45, 2.75) is 215 Å². The third-order valence-corrected chi connectivity index (χ3v) is 15.2. The number of aromatic nitrogens is 1. The largest absolute Gasteiger partial charge is 0.508 e. The van der Waals surface area contributed by atoms with Crippen LogP contribution in [0.2, 0.25) is 0 Å². The lowest BCUT2D eigenvalue weighted by molar-refractivity contribution is -0.157. The summed E-state index contributed by atoms with van der Waals surface area (Å²) in [6.07, 6.45) is -0.424. The van der Waals surface area contributed by atoms with E-state index in [9.17, 15) is 58.2 Å². The van der Waals surface area contributed by atoms with E-state index in [0.717, 1.165) is 0 Å². The molecule has 504 valence electrons. The van der Waals surface area contributed by atoms with Crippen molar-refractivity contribution in [3.8, 4) is 11.5 Å². The van der Waals surface area contributed by atoms with E-state index < -0.39 is 155 Å². The number of amides is 3. The number of hydrogen-bond acceptors (Lipinski definition) is 17. The second-order valence-corrected chi connectivity index (χ2v) is 28.6. The van der Waals surface area contributed by atoms with Crippen molar-refractivity contribution in [2.75, 3.05) is 12.0 Å². The zero-order valence-corrected chi connectivity index (χ0v) is 56.9. The van der Waals surface area contributed by atoms with Gasteiger partial charge in [-0.15, -0.1) is 0 Å². The van der Waals surface area contributed by atoms with Crippen molar-refractivity contribution in [3.63, 3.8) is 0 Å². The number of ketones is 4. The van der Waals surface area contributed by atoms with E-state index in [0.29, 0.717) is 39.1 Å². The zero-order chi connectivity index (χ0) is 69.1. The van der Waals surface area contributed by atoms with E-state index in [1.165, 1.54) is 46.8 Å². The van der Waals surface area contributed by atoms with Crippen LogP contribution in [0.3, 0.4) is 0 Å². The lowest BCUT2D eigenvalue weighted by Crippen LogP contribution is -2.48. The van der Waals surface area contributed by atoms with Crippen molar-refractivity contribution in [3.05, 3.63) is 95.7 Å². The highest BCUT2D eigenvalue weighted by Gasteiger charge is 2.36. The fourth-order valence-corrected chi connectivity index (χ4v) is 10.5. The van der Waals surface area contributed by atoms with Gasteiger partial charge in [-0.2, -0.15) is 11.8 Å². The molecular weight excluding hydrogens is 1200 g/mol. The van der Waals surface area contributed by atoms with Crippen LogP contribution in [-0.2, 0) is 81.4 Å². The van der Waals surface area contributed by atoms with Crippen molar-refractivity contribution >= 4 is 87.5 Å². The lowest BCUT2D eigenvalue weighted by atomic mass is 9.90. The monoisotopic (exact) mass is 1300 g/mol. The van der Waals surface area contributed by atoms with E-state index in [1.54, 1.807) is 131 Å². The number of benzene rings is 3. The molecule has 0 saturated carbocycles. The number of carbonyl (C=O) groups excluding carboxylic acids is 10. The summed E-state index contributed by atoms with van der Waals surface area (Å²) in [6, 6.07) is 15.4. The van der Waals surface area contributed by atoms with E-state index in [1.807, 2.05) is 20.8 Å². The topological polar surface area (TPSA) is 306 Å². The molecule has 1 aromatic heterocycles. The minimum Gasteiger partial charge on any atom is -0.508 e. The summed E-state index contributed by atoms with van der Waals surface area (Å²) in [6.45, 7) is 24.1. The molecule has 3 aromatic carbocycles. The average Bonchev–Trinajstić information content (AvgIpc) is 1.64. The van der Waals surface area contributed by atoms with Crippen LogP contribution in [0.5, 0.6) is 11.5 Å². The fraction of sp³-hybridized carbons (Fsp3) is 0.557. The molecule has 0 aliphatic carbocycles. The number of fused-ring (bicyclic) bond motifs is 1. The number of nitrogens with zero attached hydrogens (tertiary/aromatic N) is 1. The van der Waals surface area contributed by atoms with Crippen molar-refractivity contribution in [1.82, 2.24) is 20.5 Å². The van der Waals surface area contributed by atoms with Crippen molar-refractivity contribution < 1.29 is 81.9 Å². The van der Waals surface area contributed by atoms with E-state index in [-0.39, 0.29) is 56.5 Å². The Morgan fingerprint density at radius 3 is 1.65 bits per heavy atom. The number of aromatic hydroxyl groups is 1. The maximum atomic E-state index is 15.1.